The van der Waals surface area contributed by atoms with Gasteiger partial charge in [-0.25, -0.2) is 4.98 Å². The lowest BCUT2D eigenvalue weighted by molar-refractivity contribution is 0.549. The Morgan fingerprint density at radius 2 is 2.40 bits per heavy atom. The van der Waals surface area contributed by atoms with Gasteiger partial charge in [0.1, 0.15) is 4.47 Å². The lowest BCUT2D eigenvalue weighted by atomic mass is 10.1. The third-order valence-electron chi connectivity index (χ3n) is 3.46. The van der Waals surface area contributed by atoms with Crippen molar-refractivity contribution in [3.63, 3.8) is 0 Å². The maximum absolute atomic E-state index is 11.4. The van der Waals surface area contributed by atoms with Crippen molar-refractivity contribution in [2.45, 2.75) is 25.3 Å². The van der Waals surface area contributed by atoms with Gasteiger partial charge in [0, 0.05) is 12.6 Å². The molecule has 2 atom stereocenters. The Labute approximate surface area is 95.8 Å². The maximum Gasteiger partial charge on any atom is 0.267 e. The molecule has 0 aromatic carbocycles. The molecule has 2 unspecified atom stereocenters. The summed E-state index contributed by atoms with van der Waals surface area (Å²) in [5, 5.41) is 0. The van der Waals surface area contributed by atoms with Crippen LogP contribution in [0.1, 0.15) is 19.3 Å². The largest absolute Gasteiger partial charge is 0.352 e. The number of piperidine rings is 1. The van der Waals surface area contributed by atoms with E-state index in [0.717, 1.165) is 18.3 Å². The number of rotatable bonds is 1. The van der Waals surface area contributed by atoms with Crippen molar-refractivity contribution in [2.75, 3.05) is 11.4 Å². The standard InChI is InChI=1S/C10H12BrN3O/c11-8-9(12-5-13-10(8)15)14-4-6-1-2-7(14)3-6/h5-7H,1-4H2,(H,12,13,15). The molecule has 2 bridgehead atoms. The first-order valence-electron chi connectivity index (χ1n) is 5.25. The second-order valence-electron chi connectivity index (χ2n) is 4.35. The molecule has 0 radical (unpaired) electrons. The van der Waals surface area contributed by atoms with Crippen LogP contribution in [-0.4, -0.2) is 22.6 Å². The highest BCUT2D eigenvalue weighted by Gasteiger charge is 2.39. The molecule has 4 nitrogen and oxygen atoms in total. The van der Waals surface area contributed by atoms with E-state index in [2.05, 4.69) is 30.8 Å². The number of nitrogens with zero attached hydrogens (tertiary/aromatic N) is 2. The highest BCUT2D eigenvalue weighted by molar-refractivity contribution is 9.10. The summed E-state index contributed by atoms with van der Waals surface area (Å²) < 4.78 is 0.567. The monoisotopic (exact) mass is 269 g/mol. The molecule has 1 saturated carbocycles. The number of anilines is 1. The molecule has 1 aromatic rings. The molecular formula is C10H12BrN3O. The number of aromatic nitrogens is 2. The SMILES string of the molecule is O=c1[nH]cnc(N2CC3CCC2C3)c1Br. The highest BCUT2D eigenvalue weighted by Crippen LogP contribution is 2.40. The summed E-state index contributed by atoms with van der Waals surface area (Å²) >= 11 is 3.31. The molecule has 0 amide bonds. The summed E-state index contributed by atoms with van der Waals surface area (Å²) in [6, 6.07) is 0.598. The molecule has 2 heterocycles. The molecule has 2 fully saturated rings. The summed E-state index contributed by atoms with van der Waals surface area (Å²) in [5.74, 6) is 1.62. The average molecular weight is 270 g/mol. The van der Waals surface area contributed by atoms with Crippen LogP contribution in [0.25, 0.3) is 0 Å². The summed E-state index contributed by atoms with van der Waals surface area (Å²) in [5.41, 5.74) is -0.0947. The van der Waals surface area contributed by atoms with Gasteiger partial charge in [0.25, 0.3) is 5.56 Å². The lowest BCUT2D eigenvalue weighted by Crippen LogP contribution is -2.34. The smallest absolute Gasteiger partial charge is 0.267 e. The maximum atomic E-state index is 11.4. The number of halogens is 1. The fraction of sp³-hybridized carbons (Fsp3) is 0.600. The fourth-order valence-corrected chi connectivity index (χ4v) is 3.20. The zero-order valence-electron chi connectivity index (χ0n) is 8.24. The molecule has 1 aliphatic carbocycles. The van der Waals surface area contributed by atoms with Crippen molar-refractivity contribution < 1.29 is 0 Å². The second kappa shape index (κ2) is 3.33. The summed E-state index contributed by atoms with van der Waals surface area (Å²) in [7, 11) is 0. The van der Waals surface area contributed by atoms with E-state index in [4.69, 9.17) is 0 Å². The van der Waals surface area contributed by atoms with Gasteiger partial charge in [0.2, 0.25) is 0 Å². The van der Waals surface area contributed by atoms with Crippen LogP contribution >= 0.6 is 15.9 Å². The Kier molecular flexibility index (Phi) is 2.09. The van der Waals surface area contributed by atoms with Crippen LogP contribution in [0.15, 0.2) is 15.6 Å². The Hall–Kier alpha value is -0.840. The predicted molar refractivity (Wildman–Crippen MR) is 61.0 cm³/mol. The Morgan fingerprint density at radius 3 is 3.07 bits per heavy atom. The molecule has 5 heteroatoms. The van der Waals surface area contributed by atoms with E-state index in [1.54, 1.807) is 0 Å². The van der Waals surface area contributed by atoms with Crippen molar-refractivity contribution in [3.8, 4) is 0 Å². The van der Waals surface area contributed by atoms with E-state index < -0.39 is 0 Å². The van der Waals surface area contributed by atoms with Gasteiger partial charge < -0.3 is 9.88 Å². The van der Waals surface area contributed by atoms with Crippen LogP contribution in [0.2, 0.25) is 0 Å². The Balaban J connectivity index is 2.00. The van der Waals surface area contributed by atoms with Crippen LogP contribution in [0.4, 0.5) is 5.82 Å². The summed E-state index contributed by atoms with van der Waals surface area (Å²) in [4.78, 5) is 20.5. The minimum absolute atomic E-state index is 0.0947. The number of aromatic amines is 1. The van der Waals surface area contributed by atoms with Gasteiger partial charge in [-0.15, -0.1) is 0 Å². The topological polar surface area (TPSA) is 49.0 Å². The third-order valence-corrected chi connectivity index (χ3v) is 4.17. The normalized spacial score (nSPS) is 28.7. The second-order valence-corrected chi connectivity index (χ2v) is 5.15. The molecule has 2 aliphatic rings. The average Bonchev–Trinajstić information content (AvgIpc) is 2.83. The highest BCUT2D eigenvalue weighted by atomic mass is 79.9. The molecular weight excluding hydrogens is 258 g/mol. The first-order chi connectivity index (χ1) is 7.25. The van der Waals surface area contributed by atoms with E-state index in [9.17, 15) is 4.79 Å². The fourth-order valence-electron chi connectivity index (χ4n) is 2.76. The number of H-pyrrole nitrogens is 1. The van der Waals surface area contributed by atoms with Crippen molar-refractivity contribution in [1.29, 1.82) is 0 Å². The van der Waals surface area contributed by atoms with Crippen molar-refractivity contribution >= 4 is 21.7 Å². The van der Waals surface area contributed by atoms with Gasteiger partial charge in [-0.1, -0.05) is 0 Å². The quantitative estimate of drug-likeness (QED) is 0.841. The zero-order chi connectivity index (χ0) is 10.4. The Bertz CT molecular complexity index is 445. The van der Waals surface area contributed by atoms with Gasteiger partial charge in [0.15, 0.2) is 5.82 Å². The molecule has 0 spiro atoms. The van der Waals surface area contributed by atoms with Crippen LogP contribution < -0.4 is 10.5 Å². The molecule has 15 heavy (non-hydrogen) atoms. The zero-order valence-corrected chi connectivity index (χ0v) is 9.83. The van der Waals surface area contributed by atoms with Gasteiger partial charge >= 0.3 is 0 Å². The summed E-state index contributed by atoms with van der Waals surface area (Å²) in [6.45, 7) is 1.06. The first kappa shape index (κ1) is 9.39. The van der Waals surface area contributed by atoms with E-state index in [-0.39, 0.29) is 5.56 Å². The predicted octanol–water partition coefficient (Wildman–Crippen LogP) is 1.52. The van der Waals surface area contributed by atoms with Crippen LogP contribution in [-0.2, 0) is 0 Å². The molecule has 80 valence electrons. The van der Waals surface area contributed by atoms with Crippen molar-refractivity contribution in [1.82, 2.24) is 9.97 Å². The van der Waals surface area contributed by atoms with E-state index in [1.165, 1.54) is 25.6 Å². The minimum Gasteiger partial charge on any atom is -0.352 e. The van der Waals surface area contributed by atoms with E-state index in [1.807, 2.05) is 0 Å². The van der Waals surface area contributed by atoms with Crippen LogP contribution in [0, 0.1) is 5.92 Å². The van der Waals surface area contributed by atoms with E-state index in [0.29, 0.717) is 10.5 Å². The lowest BCUT2D eigenvalue weighted by Gasteiger charge is -2.28. The molecule has 1 aromatic heterocycles. The van der Waals surface area contributed by atoms with Crippen molar-refractivity contribution in [3.05, 3.63) is 21.2 Å². The van der Waals surface area contributed by atoms with E-state index >= 15 is 0 Å². The molecule has 1 aliphatic heterocycles. The van der Waals surface area contributed by atoms with Crippen LogP contribution in [0.5, 0.6) is 0 Å². The van der Waals surface area contributed by atoms with Gasteiger partial charge in [0.05, 0.1) is 6.33 Å². The number of hydrogen-bond acceptors (Lipinski definition) is 3. The van der Waals surface area contributed by atoms with Gasteiger partial charge in [-0.2, -0.15) is 0 Å². The number of hydrogen-bond donors (Lipinski definition) is 1. The molecule has 1 saturated heterocycles. The molecule has 1 N–H and O–H groups in total. The van der Waals surface area contributed by atoms with Crippen molar-refractivity contribution in [2.24, 2.45) is 5.92 Å². The molecule has 3 rings (SSSR count). The number of fused-ring (bicyclic) bond motifs is 2. The Morgan fingerprint density at radius 1 is 1.53 bits per heavy atom. The van der Waals surface area contributed by atoms with Crippen LogP contribution in [0.3, 0.4) is 0 Å². The number of nitrogens with one attached hydrogen (secondary N) is 1. The van der Waals surface area contributed by atoms with Gasteiger partial charge in [-0.3, -0.25) is 4.79 Å². The minimum atomic E-state index is -0.0947. The first-order valence-corrected chi connectivity index (χ1v) is 6.05. The van der Waals surface area contributed by atoms with Gasteiger partial charge in [-0.05, 0) is 41.1 Å². The summed E-state index contributed by atoms with van der Waals surface area (Å²) in [6.07, 6.45) is 5.32. The third kappa shape index (κ3) is 1.40.